The molecule has 1 aromatic carbocycles. The lowest BCUT2D eigenvalue weighted by atomic mass is 10.2. The fourth-order valence-corrected chi connectivity index (χ4v) is 1.62. The van der Waals surface area contributed by atoms with Gasteiger partial charge >= 0.3 is 6.03 Å². The lowest BCUT2D eigenvalue weighted by Crippen LogP contribution is -2.30. The van der Waals surface area contributed by atoms with E-state index in [4.69, 9.17) is 5.11 Å². The van der Waals surface area contributed by atoms with E-state index in [0.29, 0.717) is 12.2 Å². The van der Waals surface area contributed by atoms with Crippen molar-refractivity contribution in [2.75, 3.05) is 18.5 Å². The average molecular weight is 260 g/mol. The Bertz CT molecular complexity index is 508. The minimum absolute atomic E-state index is 0.0732. The molecule has 0 spiro atoms. The molecule has 0 fully saturated rings. The van der Waals surface area contributed by atoms with Crippen LogP contribution in [0.2, 0.25) is 0 Å². The van der Waals surface area contributed by atoms with Crippen molar-refractivity contribution in [3.63, 3.8) is 0 Å². The number of aliphatic hydroxyl groups is 1. The number of anilines is 1. The van der Waals surface area contributed by atoms with Crippen LogP contribution in [-0.2, 0) is 6.54 Å². The van der Waals surface area contributed by atoms with Gasteiger partial charge in [0.15, 0.2) is 0 Å². The van der Waals surface area contributed by atoms with Gasteiger partial charge in [-0.25, -0.2) is 4.79 Å². The van der Waals surface area contributed by atoms with Crippen LogP contribution in [0.3, 0.4) is 0 Å². The molecule has 3 N–H and O–H groups in total. The van der Waals surface area contributed by atoms with Crippen LogP contribution in [0, 0.1) is 0 Å². The molecular formula is C13H16N4O2. The van der Waals surface area contributed by atoms with E-state index < -0.39 is 0 Å². The third-order valence-electron chi connectivity index (χ3n) is 2.51. The summed E-state index contributed by atoms with van der Waals surface area (Å²) in [6.07, 6.45) is 3.63. The van der Waals surface area contributed by atoms with Crippen LogP contribution in [0.1, 0.15) is 5.56 Å². The standard InChI is InChI=1S/C13H16N4O2/c18-9-7-14-13(19)16-12-4-2-11(3-5-12)10-17-8-1-6-15-17/h1-6,8,18H,7,9-10H2,(H2,14,16,19). The lowest BCUT2D eigenvalue weighted by molar-refractivity contribution is 0.245. The number of hydrogen-bond acceptors (Lipinski definition) is 3. The maximum atomic E-state index is 11.4. The van der Waals surface area contributed by atoms with Gasteiger partial charge in [-0.15, -0.1) is 0 Å². The second kappa shape index (κ2) is 6.55. The number of nitrogens with one attached hydrogen (secondary N) is 2. The fourth-order valence-electron chi connectivity index (χ4n) is 1.62. The molecule has 0 aliphatic rings. The first-order chi connectivity index (χ1) is 9.28. The zero-order chi connectivity index (χ0) is 13.5. The molecule has 0 saturated carbocycles. The molecular weight excluding hydrogens is 244 g/mol. The van der Waals surface area contributed by atoms with E-state index in [0.717, 1.165) is 5.56 Å². The van der Waals surface area contributed by atoms with Crippen molar-refractivity contribution in [1.82, 2.24) is 15.1 Å². The van der Waals surface area contributed by atoms with Crippen LogP contribution in [0.4, 0.5) is 10.5 Å². The lowest BCUT2D eigenvalue weighted by Gasteiger charge is -2.07. The monoisotopic (exact) mass is 260 g/mol. The second-order valence-corrected chi connectivity index (χ2v) is 4.01. The first-order valence-corrected chi connectivity index (χ1v) is 6.00. The molecule has 2 rings (SSSR count). The molecule has 6 nitrogen and oxygen atoms in total. The Balaban J connectivity index is 1.89. The van der Waals surface area contributed by atoms with Gasteiger partial charge in [0.25, 0.3) is 0 Å². The Morgan fingerprint density at radius 3 is 2.74 bits per heavy atom. The number of rotatable bonds is 5. The summed E-state index contributed by atoms with van der Waals surface area (Å²) in [4.78, 5) is 11.4. The Hall–Kier alpha value is -2.34. The predicted molar refractivity (Wildman–Crippen MR) is 71.9 cm³/mol. The number of carbonyl (C=O) groups excluding carboxylic acids is 1. The number of benzene rings is 1. The zero-order valence-corrected chi connectivity index (χ0v) is 10.4. The van der Waals surface area contributed by atoms with E-state index in [2.05, 4.69) is 15.7 Å². The molecule has 0 saturated heterocycles. The van der Waals surface area contributed by atoms with Gasteiger partial charge in [-0.1, -0.05) is 12.1 Å². The van der Waals surface area contributed by atoms with Gasteiger partial charge in [0.05, 0.1) is 13.2 Å². The van der Waals surface area contributed by atoms with Crippen molar-refractivity contribution >= 4 is 11.7 Å². The van der Waals surface area contributed by atoms with Gasteiger partial charge in [-0.2, -0.15) is 5.10 Å². The van der Waals surface area contributed by atoms with E-state index >= 15 is 0 Å². The summed E-state index contributed by atoms with van der Waals surface area (Å²) < 4.78 is 1.83. The quantitative estimate of drug-likeness (QED) is 0.751. The first-order valence-electron chi connectivity index (χ1n) is 6.00. The Morgan fingerprint density at radius 1 is 1.32 bits per heavy atom. The normalized spacial score (nSPS) is 10.2. The maximum absolute atomic E-state index is 11.4. The molecule has 0 bridgehead atoms. The summed E-state index contributed by atoms with van der Waals surface area (Å²) in [6.45, 7) is 0.865. The summed E-state index contributed by atoms with van der Waals surface area (Å²) >= 11 is 0. The van der Waals surface area contributed by atoms with Crippen molar-refractivity contribution in [3.8, 4) is 0 Å². The topological polar surface area (TPSA) is 79.2 Å². The maximum Gasteiger partial charge on any atom is 0.319 e. The van der Waals surface area contributed by atoms with Crippen molar-refractivity contribution in [2.24, 2.45) is 0 Å². The molecule has 0 unspecified atom stereocenters. The number of nitrogens with zero attached hydrogens (tertiary/aromatic N) is 2. The molecule has 0 aliphatic carbocycles. The summed E-state index contributed by atoms with van der Waals surface area (Å²) in [5, 5.41) is 17.9. The van der Waals surface area contributed by atoms with Crippen LogP contribution in [0.15, 0.2) is 42.7 Å². The Labute approximate surface area is 111 Å². The third-order valence-corrected chi connectivity index (χ3v) is 2.51. The summed E-state index contributed by atoms with van der Waals surface area (Å²) in [7, 11) is 0. The fraction of sp³-hybridized carbons (Fsp3) is 0.231. The number of hydrogen-bond donors (Lipinski definition) is 3. The van der Waals surface area contributed by atoms with E-state index in [1.165, 1.54) is 0 Å². The van der Waals surface area contributed by atoms with Crippen LogP contribution < -0.4 is 10.6 Å². The molecule has 1 aromatic heterocycles. The SMILES string of the molecule is O=C(NCCO)Nc1ccc(Cn2cccn2)cc1. The highest BCUT2D eigenvalue weighted by Crippen LogP contribution is 2.10. The van der Waals surface area contributed by atoms with Crippen LogP contribution >= 0.6 is 0 Å². The number of aliphatic hydroxyl groups excluding tert-OH is 1. The molecule has 0 radical (unpaired) electrons. The molecule has 6 heteroatoms. The molecule has 19 heavy (non-hydrogen) atoms. The predicted octanol–water partition coefficient (Wildman–Crippen LogP) is 1.05. The minimum atomic E-state index is -0.325. The summed E-state index contributed by atoms with van der Waals surface area (Å²) in [6, 6.07) is 9.08. The largest absolute Gasteiger partial charge is 0.395 e. The van der Waals surface area contributed by atoms with Crippen LogP contribution in [0.5, 0.6) is 0 Å². The summed E-state index contributed by atoms with van der Waals surface area (Å²) in [5.41, 5.74) is 1.81. The number of urea groups is 1. The van der Waals surface area contributed by atoms with Gasteiger partial charge in [0.2, 0.25) is 0 Å². The van der Waals surface area contributed by atoms with E-state index in [1.807, 2.05) is 41.2 Å². The van der Waals surface area contributed by atoms with Crippen molar-refractivity contribution < 1.29 is 9.90 Å². The highest BCUT2D eigenvalue weighted by atomic mass is 16.3. The van der Waals surface area contributed by atoms with Crippen molar-refractivity contribution in [1.29, 1.82) is 0 Å². The highest BCUT2D eigenvalue weighted by Gasteiger charge is 2.01. The van der Waals surface area contributed by atoms with Crippen LogP contribution in [0.25, 0.3) is 0 Å². The second-order valence-electron chi connectivity index (χ2n) is 4.01. The number of carbonyl (C=O) groups is 1. The molecule has 0 aliphatic heterocycles. The van der Waals surface area contributed by atoms with Crippen molar-refractivity contribution in [3.05, 3.63) is 48.3 Å². The minimum Gasteiger partial charge on any atom is -0.395 e. The van der Waals surface area contributed by atoms with Gasteiger partial charge in [-0.3, -0.25) is 4.68 Å². The average Bonchev–Trinajstić information content (AvgIpc) is 2.91. The number of aromatic nitrogens is 2. The van der Waals surface area contributed by atoms with Crippen molar-refractivity contribution in [2.45, 2.75) is 6.54 Å². The highest BCUT2D eigenvalue weighted by molar-refractivity contribution is 5.89. The first kappa shape index (κ1) is 13.1. The zero-order valence-electron chi connectivity index (χ0n) is 10.4. The Kier molecular flexibility index (Phi) is 4.52. The smallest absolute Gasteiger partial charge is 0.319 e. The van der Waals surface area contributed by atoms with E-state index in [-0.39, 0.29) is 19.2 Å². The van der Waals surface area contributed by atoms with E-state index in [1.54, 1.807) is 6.20 Å². The van der Waals surface area contributed by atoms with E-state index in [9.17, 15) is 4.79 Å². The Morgan fingerprint density at radius 2 is 2.11 bits per heavy atom. The molecule has 100 valence electrons. The van der Waals surface area contributed by atoms with Gasteiger partial charge in [-0.05, 0) is 23.8 Å². The van der Waals surface area contributed by atoms with Crippen LogP contribution in [-0.4, -0.2) is 34.1 Å². The molecule has 0 atom stereocenters. The molecule has 2 aromatic rings. The van der Waals surface area contributed by atoms with Gasteiger partial charge in [0, 0.05) is 24.6 Å². The third kappa shape index (κ3) is 4.11. The molecule has 1 heterocycles. The number of amides is 2. The summed E-state index contributed by atoms with van der Waals surface area (Å²) in [5.74, 6) is 0. The van der Waals surface area contributed by atoms with Gasteiger partial charge < -0.3 is 15.7 Å². The van der Waals surface area contributed by atoms with Gasteiger partial charge in [0.1, 0.15) is 0 Å². The molecule has 2 amide bonds.